The summed E-state index contributed by atoms with van der Waals surface area (Å²) in [6.07, 6.45) is 13.2. The summed E-state index contributed by atoms with van der Waals surface area (Å²) in [5, 5.41) is 0. The maximum absolute atomic E-state index is 2.71. The Morgan fingerprint density at radius 3 is 2.77 bits per heavy atom. The summed E-state index contributed by atoms with van der Waals surface area (Å²) in [7, 11) is 0. The Morgan fingerprint density at radius 1 is 1.15 bits per heavy atom. The predicted molar refractivity (Wildman–Crippen MR) is 56.8 cm³/mol. The van der Waals surface area contributed by atoms with Crippen molar-refractivity contribution in [1.29, 1.82) is 0 Å². The van der Waals surface area contributed by atoms with Gasteiger partial charge in [0, 0.05) is 12.1 Å². The molecule has 1 aliphatic heterocycles. The van der Waals surface area contributed by atoms with E-state index in [1.165, 1.54) is 45.1 Å². The van der Waals surface area contributed by atoms with Crippen LogP contribution in [-0.2, 0) is 0 Å². The van der Waals surface area contributed by atoms with Crippen molar-refractivity contribution in [1.82, 2.24) is 4.90 Å². The average Bonchev–Trinajstić information content (AvgIpc) is 2.20. The van der Waals surface area contributed by atoms with Gasteiger partial charge in [-0.25, -0.2) is 0 Å². The number of hydrogen-bond acceptors (Lipinski definition) is 1. The van der Waals surface area contributed by atoms with E-state index in [2.05, 4.69) is 24.0 Å². The van der Waals surface area contributed by atoms with Crippen LogP contribution in [0.5, 0.6) is 0 Å². The van der Waals surface area contributed by atoms with Gasteiger partial charge in [0.05, 0.1) is 0 Å². The number of hydrogen-bond donors (Lipinski definition) is 0. The molecule has 0 spiro atoms. The molecule has 1 fully saturated rings. The molecule has 0 aromatic heterocycles. The van der Waals surface area contributed by atoms with E-state index in [4.69, 9.17) is 0 Å². The number of rotatable bonds is 1. The molecule has 1 aliphatic carbocycles. The third-order valence-electron chi connectivity index (χ3n) is 3.51. The first-order chi connectivity index (χ1) is 6.38. The van der Waals surface area contributed by atoms with Crippen molar-refractivity contribution in [3.05, 3.63) is 12.2 Å². The minimum absolute atomic E-state index is 0.768. The van der Waals surface area contributed by atoms with Crippen LogP contribution >= 0.6 is 0 Å². The molecule has 2 aliphatic rings. The van der Waals surface area contributed by atoms with Crippen molar-refractivity contribution in [2.24, 2.45) is 0 Å². The van der Waals surface area contributed by atoms with E-state index in [9.17, 15) is 0 Å². The lowest BCUT2D eigenvalue weighted by Gasteiger charge is -2.39. The van der Waals surface area contributed by atoms with Crippen LogP contribution in [0.25, 0.3) is 0 Å². The standard InChI is InChI=1S/C12H21N/c1-11-7-5-6-10-13(11)12-8-3-2-4-9-12/h3,8,11-12H,2,4-7,9-10H2,1H3. The van der Waals surface area contributed by atoms with Gasteiger partial charge < -0.3 is 0 Å². The highest BCUT2D eigenvalue weighted by atomic mass is 15.2. The first-order valence-corrected chi connectivity index (χ1v) is 5.80. The number of nitrogens with zero attached hydrogens (tertiary/aromatic N) is 1. The molecule has 1 nitrogen and oxygen atoms in total. The monoisotopic (exact) mass is 179 g/mol. The fraction of sp³-hybridized carbons (Fsp3) is 0.833. The summed E-state index contributed by atoms with van der Waals surface area (Å²) in [5.41, 5.74) is 0. The molecule has 1 saturated heterocycles. The molecule has 0 amide bonds. The molecule has 2 unspecified atom stereocenters. The van der Waals surface area contributed by atoms with Crippen molar-refractivity contribution in [3.8, 4) is 0 Å². The maximum atomic E-state index is 2.71. The fourth-order valence-electron chi connectivity index (χ4n) is 2.68. The van der Waals surface area contributed by atoms with Gasteiger partial charge in [0.15, 0.2) is 0 Å². The number of likely N-dealkylation sites (tertiary alicyclic amines) is 1. The van der Waals surface area contributed by atoms with Crippen LogP contribution in [-0.4, -0.2) is 23.5 Å². The van der Waals surface area contributed by atoms with E-state index >= 15 is 0 Å². The lowest BCUT2D eigenvalue weighted by Crippen LogP contribution is -2.44. The Kier molecular flexibility index (Phi) is 3.05. The summed E-state index contributed by atoms with van der Waals surface area (Å²) in [4.78, 5) is 2.71. The Hall–Kier alpha value is -0.300. The summed E-state index contributed by atoms with van der Waals surface area (Å²) >= 11 is 0. The van der Waals surface area contributed by atoms with E-state index in [-0.39, 0.29) is 0 Å². The third-order valence-corrected chi connectivity index (χ3v) is 3.51. The highest BCUT2D eigenvalue weighted by Crippen LogP contribution is 2.24. The van der Waals surface area contributed by atoms with Crippen LogP contribution in [0.15, 0.2) is 12.2 Å². The lowest BCUT2D eigenvalue weighted by molar-refractivity contribution is 0.120. The molecule has 1 heterocycles. The Labute approximate surface area is 81.8 Å². The van der Waals surface area contributed by atoms with Gasteiger partial charge in [0.25, 0.3) is 0 Å². The van der Waals surface area contributed by atoms with Crippen molar-refractivity contribution in [2.75, 3.05) is 6.54 Å². The zero-order chi connectivity index (χ0) is 9.10. The molecule has 1 heteroatoms. The molecule has 0 aromatic rings. The number of piperidine rings is 1. The van der Waals surface area contributed by atoms with Gasteiger partial charge in [0.2, 0.25) is 0 Å². The van der Waals surface area contributed by atoms with Crippen LogP contribution in [0.1, 0.15) is 45.4 Å². The molecule has 13 heavy (non-hydrogen) atoms. The van der Waals surface area contributed by atoms with E-state index in [1.54, 1.807) is 0 Å². The average molecular weight is 179 g/mol. The second kappa shape index (κ2) is 4.28. The second-order valence-electron chi connectivity index (χ2n) is 4.51. The molecule has 0 aromatic carbocycles. The Balaban J connectivity index is 1.96. The highest BCUT2D eigenvalue weighted by Gasteiger charge is 2.24. The second-order valence-corrected chi connectivity index (χ2v) is 4.51. The van der Waals surface area contributed by atoms with Gasteiger partial charge in [-0.2, -0.15) is 0 Å². The molecule has 0 N–H and O–H groups in total. The van der Waals surface area contributed by atoms with Crippen molar-refractivity contribution in [2.45, 2.75) is 57.5 Å². The lowest BCUT2D eigenvalue weighted by atomic mass is 9.95. The van der Waals surface area contributed by atoms with Gasteiger partial charge in [-0.15, -0.1) is 0 Å². The number of allylic oxidation sites excluding steroid dienone is 1. The smallest absolute Gasteiger partial charge is 0.0281 e. The first kappa shape index (κ1) is 9.26. The normalized spacial score (nSPS) is 36.4. The van der Waals surface area contributed by atoms with Crippen molar-refractivity contribution >= 4 is 0 Å². The van der Waals surface area contributed by atoms with Gasteiger partial charge >= 0.3 is 0 Å². The molecule has 0 radical (unpaired) electrons. The molecule has 0 bridgehead atoms. The molecular weight excluding hydrogens is 158 g/mol. The quantitative estimate of drug-likeness (QED) is 0.559. The van der Waals surface area contributed by atoms with Gasteiger partial charge in [0.1, 0.15) is 0 Å². The summed E-state index contributed by atoms with van der Waals surface area (Å²) in [6.45, 7) is 3.72. The Bertz CT molecular complexity index is 186. The SMILES string of the molecule is CC1CCCCN1C1C=CCCC1. The third kappa shape index (κ3) is 2.14. The van der Waals surface area contributed by atoms with Crippen LogP contribution < -0.4 is 0 Å². The first-order valence-electron chi connectivity index (χ1n) is 5.80. The van der Waals surface area contributed by atoms with Crippen LogP contribution in [0, 0.1) is 0 Å². The minimum Gasteiger partial charge on any atom is -0.294 e. The zero-order valence-electron chi connectivity index (χ0n) is 8.71. The molecule has 2 atom stereocenters. The maximum Gasteiger partial charge on any atom is 0.0281 e. The van der Waals surface area contributed by atoms with Crippen LogP contribution in [0.3, 0.4) is 0 Å². The van der Waals surface area contributed by atoms with E-state index in [0.29, 0.717) is 0 Å². The topological polar surface area (TPSA) is 3.24 Å². The summed E-state index contributed by atoms with van der Waals surface area (Å²) < 4.78 is 0. The van der Waals surface area contributed by atoms with E-state index in [0.717, 1.165) is 12.1 Å². The summed E-state index contributed by atoms with van der Waals surface area (Å²) in [5.74, 6) is 0. The van der Waals surface area contributed by atoms with Crippen LogP contribution in [0.4, 0.5) is 0 Å². The highest BCUT2D eigenvalue weighted by molar-refractivity contribution is 5.00. The van der Waals surface area contributed by atoms with E-state index in [1.807, 2.05) is 0 Å². The van der Waals surface area contributed by atoms with Gasteiger partial charge in [-0.05, 0) is 45.6 Å². The fourth-order valence-corrected chi connectivity index (χ4v) is 2.68. The molecule has 74 valence electrons. The largest absolute Gasteiger partial charge is 0.294 e. The van der Waals surface area contributed by atoms with Crippen molar-refractivity contribution < 1.29 is 0 Å². The van der Waals surface area contributed by atoms with E-state index < -0.39 is 0 Å². The molecule has 2 rings (SSSR count). The van der Waals surface area contributed by atoms with Crippen molar-refractivity contribution in [3.63, 3.8) is 0 Å². The minimum atomic E-state index is 0.768. The summed E-state index contributed by atoms with van der Waals surface area (Å²) in [6, 6.07) is 1.59. The molecular formula is C12H21N. The molecule has 0 saturated carbocycles. The Morgan fingerprint density at radius 2 is 2.08 bits per heavy atom. The predicted octanol–water partition coefficient (Wildman–Crippen LogP) is 2.97. The van der Waals surface area contributed by atoms with Crippen LogP contribution in [0.2, 0.25) is 0 Å². The zero-order valence-corrected chi connectivity index (χ0v) is 8.71. The van der Waals surface area contributed by atoms with Gasteiger partial charge in [-0.3, -0.25) is 4.90 Å². The van der Waals surface area contributed by atoms with Gasteiger partial charge in [-0.1, -0.05) is 18.6 Å².